The molecule has 8 heteroatoms. The molecule has 1 aliphatic rings. The highest BCUT2D eigenvalue weighted by molar-refractivity contribution is 5.67. The van der Waals surface area contributed by atoms with Gasteiger partial charge in [-0.3, -0.25) is 0 Å². The second-order valence-electron chi connectivity index (χ2n) is 10.9. The predicted molar refractivity (Wildman–Crippen MR) is 158 cm³/mol. The molecule has 3 aromatic rings. The molecule has 3 nitrogen and oxygen atoms in total. The third-order valence-corrected chi connectivity index (χ3v) is 7.76. The molecule has 4 rings (SSSR count). The summed E-state index contributed by atoms with van der Waals surface area (Å²) in [4.78, 5) is 0. The summed E-state index contributed by atoms with van der Waals surface area (Å²) in [6.07, 6.45) is 9.02. The van der Waals surface area contributed by atoms with Crippen molar-refractivity contribution in [2.24, 2.45) is 0 Å². The maximum absolute atomic E-state index is 15.0. The van der Waals surface area contributed by atoms with Crippen LogP contribution in [0.3, 0.4) is 0 Å². The number of allylic oxidation sites excluding steroid dienone is 2. The highest BCUT2D eigenvalue weighted by atomic mass is 19.2. The van der Waals surface area contributed by atoms with Crippen molar-refractivity contribution in [3.63, 3.8) is 0 Å². The minimum absolute atomic E-state index is 0.0756. The average molecular weight is 603 g/mol. The number of halogens is 5. The van der Waals surface area contributed by atoms with Crippen LogP contribution < -0.4 is 14.2 Å². The van der Waals surface area contributed by atoms with Gasteiger partial charge in [-0.15, -0.1) is 0 Å². The number of ether oxygens (including phenoxy) is 3. The number of benzene rings is 3. The van der Waals surface area contributed by atoms with E-state index in [2.05, 4.69) is 6.92 Å². The molecule has 0 saturated heterocycles. The number of hydrogen-bond donors (Lipinski definition) is 0. The summed E-state index contributed by atoms with van der Waals surface area (Å²) in [6, 6.07) is 10.3. The zero-order chi connectivity index (χ0) is 30.8. The molecule has 232 valence electrons. The van der Waals surface area contributed by atoms with Gasteiger partial charge in [0.1, 0.15) is 12.4 Å². The lowest BCUT2D eigenvalue weighted by molar-refractivity contribution is 0.263. The van der Waals surface area contributed by atoms with Crippen LogP contribution in [0.5, 0.6) is 17.2 Å². The first-order valence-corrected chi connectivity index (χ1v) is 15.2. The third kappa shape index (κ3) is 8.30. The standard InChI is InChI=1S/C35H39F5O3/c1-3-5-7-8-20-42-30-17-18-31(35(40)34(30)39)43-22-26-14-13-25(21-28(26)36)23-9-11-24(12-10-23)27-15-16-29(33(38)32(27)37)41-19-6-4-2/h9,13-18,21,24H,3-8,10-12,19-20,22H2,1-2H3. The maximum atomic E-state index is 15.0. The predicted octanol–water partition coefficient (Wildman–Crippen LogP) is 10.5. The Morgan fingerprint density at radius 3 is 1.93 bits per heavy atom. The van der Waals surface area contributed by atoms with E-state index in [1.54, 1.807) is 18.2 Å². The molecule has 0 bridgehead atoms. The minimum atomic E-state index is -1.18. The smallest absolute Gasteiger partial charge is 0.204 e. The molecule has 43 heavy (non-hydrogen) atoms. The lowest BCUT2D eigenvalue weighted by Crippen LogP contribution is -2.09. The lowest BCUT2D eigenvalue weighted by atomic mass is 9.82. The van der Waals surface area contributed by atoms with Gasteiger partial charge in [-0.1, -0.05) is 63.8 Å². The fraction of sp³-hybridized carbons (Fsp3) is 0.429. The van der Waals surface area contributed by atoms with Crippen LogP contribution in [0, 0.1) is 29.1 Å². The summed E-state index contributed by atoms with van der Waals surface area (Å²) >= 11 is 0. The van der Waals surface area contributed by atoms with Gasteiger partial charge in [0.15, 0.2) is 23.1 Å². The summed E-state index contributed by atoms with van der Waals surface area (Å²) in [6.45, 7) is 4.41. The van der Waals surface area contributed by atoms with Gasteiger partial charge in [0.05, 0.1) is 13.2 Å². The maximum Gasteiger partial charge on any atom is 0.204 e. The zero-order valence-corrected chi connectivity index (χ0v) is 24.8. The number of hydrogen-bond acceptors (Lipinski definition) is 3. The van der Waals surface area contributed by atoms with Crippen molar-refractivity contribution in [2.45, 2.75) is 84.2 Å². The fourth-order valence-electron chi connectivity index (χ4n) is 5.15. The Morgan fingerprint density at radius 2 is 1.30 bits per heavy atom. The Balaban J connectivity index is 1.35. The monoisotopic (exact) mass is 602 g/mol. The van der Waals surface area contributed by atoms with Crippen LogP contribution in [-0.4, -0.2) is 13.2 Å². The largest absolute Gasteiger partial charge is 0.490 e. The van der Waals surface area contributed by atoms with Crippen molar-refractivity contribution < 1.29 is 36.2 Å². The first-order chi connectivity index (χ1) is 20.8. The van der Waals surface area contributed by atoms with Crippen molar-refractivity contribution in [2.75, 3.05) is 13.2 Å². The van der Waals surface area contributed by atoms with Gasteiger partial charge in [-0.25, -0.2) is 8.78 Å². The van der Waals surface area contributed by atoms with Crippen LogP contribution in [0.25, 0.3) is 5.57 Å². The first kappa shape index (κ1) is 32.4. The van der Waals surface area contributed by atoms with E-state index in [9.17, 15) is 22.0 Å². The van der Waals surface area contributed by atoms with E-state index >= 15 is 0 Å². The van der Waals surface area contributed by atoms with E-state index in [1.807, 2.05) is 13.0 Å². The zero-order valence-electron chi connectivity index (χ0n) is 24.8. The van der Waals surface area contributed by atoms with E-state index < -0.39 is 29.1 Å². The van der Waals surface area contributed by atoms with Gasteiger partial charge in [-0.05, 0) is 79.0 Å². The quantitative estimate of drug-likeness (QED) is 0.128. The molecule has 0 spiro atoms. The summed E-state index contributed by atoms with van der Waals surface area (Å²) in [5, 5.41) is 0. The van der Waals surface area contributed by atoms with E-state index in [4.69, 9.17) is 14.2 Å². The summed E-state index contributed by atoms with van der Waals surface area (Å²) in [5.74, 6) is -5.49. The van der Waals surface area contributed by atoms with Crippen molar-refractivity contribution in [3.8, 4) is 17.2 Å². The van der Waals surface area contributed by atoms with Crippen LogP contribution >= 0.6 is 0 Å². The third-order valence-electron chi connectivity index (χ3n) is 7.76. The molecule has 0 aromatic heterocycles. The molecular weight excluding hydrogens is 563 g/mol. The summed E-state index contributed by atoms with van der Waals surface area (Å²) in [5.41, 5.74) is 2.07. The van der Waals surface area contributed by atoms with Crippen LogP contribution in [-0.2, 0) is 6.61 Å². The topological polar surface area (TPSA) is 27.7 Å². The molecule has 0 fully saturated rings. The van der Waals surface area contributed by atoms with Crippen LogP contribution in [0.4, 0.5) is 22.0 Å². The van der Waals surface area contributed by atoms with Crippen LogP contribution in [0.1, 0.15) is 94.2 Å². The van der Waals surface area contributed by atoms with E-state index in [0.29, 0.717) is 43.6 Å². The first-order valence-electron chi connectivity index (χ1n) is 15.2. The Kier molecular flexibility index (Phi) is 11.9. The van der Waals surface area contributed by atoms with E-state index in [0.717, 1.165) is 44.1 Å². The fourth-order valence-corrected chi connectivity index (χ4v) is 5.15. The van der Waals surface area contributed by atoms with Gasteiger partial charge in [-0.2, -0.15) is 13.2 Å². The molecule has 0 amide bonds. The van der Waals surface area contributed by atoms with E-state index in [1.165, 1.54) is 24.3 Å². The Hall–Kier alpha value is -3.55. The molecule has 0 aliphatic heterocycles. The van der Waals surface area contributed by atoms with Crippen molar-refractivity contribution >= 4 is 5.57 Å². The Morgan fingerprint density at radius 1 is 0.674 bits per heavy atom. The summed E-state index contributed by atoms with van der Waals surface area (Å²) < 4.78 is 89.5. The second kappa shape index (κ2) is 15.8. The SMILES string of the molecule is CCCCCCOc1ccc(OCc2ccc(C3=CCC(c4ccc(OCCCC)c(F)c4F)CC3)cc2F)c(F)c1F. The molecule has 1 unspecified atom stereocenters. The van der Waals surface area contributed by atoms with Crippen LogP contribution in [0.2, 0.25) is 0 Å². The average Bonchev–Trinajstić information content (AvgIpc) is 3.01. The molecule has 1 atom stereocenters. The molecular formula is C35H39F5O3. The van der Waals surface area contributed by atoms with Crippen molar-refractivity contribution in [3.05, 3.63) is 94.3 Å². The Labute approximate surface area is 250 Å². The van der Waals surface area contributed by atoms with Crippen molar-refractivity contribution in [1.29, 1.82) is 0 Å². The minimum Gasteiger partial charge on any atom is -0.490 e. The molecule has 0 saturated carbocycles. The molecule has 0 radical (unpaired) electrons. The highest BCUT2D eigenvalue weighted by Crippen LogP contribution is 2.39. The van der Waals surface area contributed by atoms with E-state index in [-0.39, 0.29) is 35.3 Å². The van der Waals surface area contributed by atoms with Gasteiger partial charge >= 0.3 is 0 Å². The lowest BCUT2D eigenvalue weighted by Gasteiger charge is -2.24. The molecule has 0 N–H and O–H groups in total. The molecule has 0 heterocycles. The summed E-state index contributed by atoms with van der Waals surface area (Å²) in [7, 11) is 0. The van der Waals surface area contributed by atoms with Gasteiger partial charge in [0, 0.05) is 5.56 Å². The van der Waals surface area contributed by atoms with Crippen molar-refractivity contribution in [1.82, 2.24) is 0 Å². The highest BCUT2D eigenvalue weighted by Gasteiger charge is 2.24. The normalized spacial score (nSPS) is 14.9. The van der Waals surface area contributed by atoms with Crippen LogP contribution in [0.15, 0.2) is 48.5 Å². The van der Waals surface area contributed by atoms with Gasteiger partial charge < -0.3 is 14.2 Å². The number of rotatable bonds is 15. The second-order valence-corrected chi connectivity index (χ2v) is 10.9. The molecule has 1 aliphatic carbocycles. The number of unbranched alkanes of at least 4 members (excludes halogenated alkanes) is 4. The van der Waals surface area contributed by atoms with Gasteiger partial charge in [0.25, 0.3) is 0 Å². The van der Waals surface area contributed by atoms with Gasteiger partial charge in [0.2, 0.25) is 17.5 Å². The Bertz CT molecular complexity index is 1400. The molecule has 3 aromatic carbocycles.